The highest BCUT2D eigenvalue weighted by molar-refractivity contribution is 5.38. The summed E-state index contributed by atoms with van der Waals surface area (Å²) in [7, 11) is 0. The van der Waals surface area contributed by atoms with Crippen molar-refractivity contribution in [2.24, 2.45) is 5.92 Å². The second kappa shape index (κ2) is 7.52. The minimum Gasteiger partial charge on any atom is -0.355 e. The third kappa shape index (κ3) is 4.69. The Labute approximate surface area is 161 Å². The molecule has 0 aromatic carbocycles. The van der Waals surface area contributed by atoms with E-state index in [1.165, 1.54) is 4.57 Å². The summed E-state index contributed by atoms with van der Waals surface area (Å²) in [5, 5.41) is 8.64. The van der Waals surface area contributed by atoms with Gasteiger partial charge in [0.1, 0.15) is 0 Å². The predicted octanol–water partition coefficient (Wildman–Crippen LogP) is 3.27. The molecule has 0 saturated carbocycles. The lowest BCUT2D eigenvalue weighted by molar-refractivity contribution is -0.141. The lowest BCUT2D eigenvalue weighted by Gasteiger charge is -2.33. The molecule has 9 heteroatoms. The molecule has 2 aromatic heterocycles. The summed E-state index contributed by atoms with van der Waals surface area (Å²) in [6, 6.07) is 4.52. The van der Waals surface area contributed by atoms with E-state index in [1.54, 1.807) is 0 Å². The average molecular weight is 395 g/mol. The van der Waals surface area contributed by atoms with E-state index < -0.39 is 17.4 Å². The Morgan fingerprint density at radius 2 is 1.75 bits per heavy atom. The maximum atomic E-state index is 12.6. The van der Waals surface area contributed by atoms with Crippen LogP contribution in [-0.4, -0.2) is 32.8 Å². The van der Waals surface area contributed by atoms with E-state index >= 15 is 0 Å². The van der Waals surface area contributed by atoms with Crippen LogP contribution in [0.3, 0.4) is 0 Å². The topological polar surface area (TPSA) is 63.9 Å². The van der Waals surface area contributed by atoms with Gasteiger partial charge in [0.15, 0.2) is 11.5 Å². The van der Waals surface area contributed by atoms with Gasteiger partial charge >= 0.3 is 6.18 Å². The van der Waals surface area contributed by atoms with E-state index in [0.29, 0.717) is 12.6 Å². The lowest BCUT2D eigenvalue weighted by Crippen LogP contribution is -2.37. The molecule has 6 nitrogen and oxygen atoms in total. The molecule has 0 aliphatic carbocycles. The van der Waals surface area contributed by atoms with Crippen molar-refractivity contribution in [1.29, 1.82) is 0 Å². The first-order chi connectivity index (χ1) is 13.0. The van der Waals surface area contributed by atoms with Crippen LogP contribution in [0, 0.1) is 5.92 Å². The Morgan fingerprint density at radius 1 is 1.07 bits per heavy atom. The number of hydrogen-bond donors (Lipinski definition) is 0. The van der Waals surface area contributed by atoms with Gasteiger partial charge in [0.2, 0.25) is 0 Å². The van der Waals surface area contributed by atoms with Crippen LogP contribution in [0.1, 0.15) is 45.0 Å². The van der Waals surface area contributed by atoms with Gasteiger partial charge in [-0.15, -0.1) is 5.10 Å². The number of nitrogens with zero attached hydrogens (tertiary/aromatic N) is 5. The van der Waals surface area contributed by atoms with Gasteiger partial charge in [-0.1, -0.05) is 20.8 Å². The van der Waals surface area contributed by atoms with Gasteiger partial charge in [-0.3, -0.25) is 9.36 Å². The number of anilines is 1. The zero-order valence-electron chi connectivity index (χ0n) is 16.2. The molecule has 0 N–H and O–H groups in total. The van der Waals surface area contributed by atoms with Crippen molar-refractivity contribution in [2.75, 3.05) is 18.0 Å². The highest BCUT2D eigenvalue weighted by Gasteiger charge is 2.33. The number of piperidine rings is 1. The van der Waals surface area contributed by atoms with Crippen LogP contribution in [0.25, 0.3) is 0 Å². The Bertz CT molecular complexity index is 863. The molecule has 0 spiro atoms. The summed E-state index contributed by atoms with van der Waals surface area (Å²) in [4.78, 5) is 17.5. The van der Waals surface area contributed by atoms with Crippen molar-refractivity contribution in [3.63, 3.8) is 0 Å². The number of rotatable bonds is 3. The fourth-order valence-electron chi connectivity index (χ4n) is 3.23. The quantitative estimate of drug-likeness (QED) is 0.798. The fourth-order valence-corrected chi connectivity index (χ4v) is 3.23. The summed E-state index contributed by atoms with van der Waals surface area (Å²) < 4.78 is 39.1. The first kappa shape index (κ1) is 20.3. The average Bonchev–Trinajstić information content (AvgIpc) is 2.62. The minimum absolute atomic E-state index is 0.0541. The number of halogens is 3. The normalized spacial score (nSPS) is 16.4. The van der Waals surface area contributed by atoms with Crippen LogP contribution in [0.15, 0.2) is 29.3 Å². The monoisotopic (exact) mass is 395 g/mol. The summed E-state index contributed by atoms with van der Waals surface area (Å²) >= 11 is 0. The van der Waals surface area contributed by atoms with Gasteiger partial charge in [-0.2, -0.15) is 18.3 Å². The Morgan fingerprint density at radius 3 is 2.25 bits per heavy atom. The van der Waals surface area contributed by atoms with Crippen LogP contribution in [0.5, 0.6) is 0 Å². The molecule has 28 heavy (non-hydrogen) atoms. The predicted molar refractivity (Wildman–Crippen MR) is 99.2 cm³/mol. The number of alkyl halides is 3. The van der Waals surface area contributed by atoms with E-state index in [0.717, 1.165) is 43.8 Å². The second-order valence-electron chi connectivity index (χ2n) is 8.22. The van der Waals surface area contributed by atoms with Crippen LogP contribution >= 0.6 is 0 Å². The molecular formula is C19H24F3N5O. The third-order valence-corrected chi connectivity index (χ3v) is 4.98. The molecule has 0 radical (unpaired) electrons. The minimum atomic E-state index is -4.60. The van der Waals surface area contributed by atoms with Crippen LogP contribution in [-0.2, 0) is 18.1 Å². The highest BCUT2D eigenvalue weighted by Crippen LogP contribution is 2.27. The summed E-state index contributed by atoms with van der Waals surface area (Å²) in [6.07, 6.45) is -1.98. The standard InChI is InChI=1S/C19H24F3N5O/c1-18(2,3)14-4-5-16(25-24-14)26-8-6-13(7-9-26)11-27-12-23-15(10-17(27)28)19(20,21)22/h4-5,10,12-13H,6-9,11H2,1-3H3. The first-order valence-electron chi connectivity index (χ1n) is 9.27. The molecule has 152 valence electrons. The molecule has 0 bridgehead atoms. The zero-order chi connectivity index (χ0) is 20.5. The molecule has 1 saturated heterocycles. The molecule has 3 rings (SSSR count). The Balaban J connectivity index is 1.59. The van der Waals surface area contributed by atoms with Crippen molar-refractivity contribution >= 4 is 5.82 Å². The lowest BCUT2D eigenvalue weighted by atomic mass is 9.92. The molecule has 0 atom stereocenters. The van der Waals surface area contributed by atoms with E-state index in [9.17, 15) is 18.0 Å². The summed E-state index contributed by atoms with van der Waals surface area (Å²) in [5.74, 6) is 1.02. The summed E-state index contributed by atoms with van der Waals surface area (Å²) in [5.41, 5.74) is -0.948. The van der Waals surface area contributed by atoms with Crippen LogP contribution in [0.2, 0.25) is 0 Å². The zero-order valence-corrected chi connectivity index (χ0v) is 16.2. The maximum Gasteiger partial charge on any atom is 0.433 e. The molecule has 1 aliphatic rings. The van der Waals surface area contributed by atoms with Crippen molar-refractivity contribution in [1.82, 2.24) is 19.7 Å². The van der Waals surface area contributed by atoms with Gasteiger partial charge in [0.05, 0.1) is 12.0 Å². The largest absolute Gasteiger partial charge is 0.433 e. The smallest absolute Gasteiger partial charge is 0.355 e. The van der Waals surface area contributed by atoms with E-state index in [2.05, 4.69) is 40.9 Å². The van der Waals surface area contributed by atoms with Crippen LogP contribution in [0.4, 0.5) is 19.0 Å². The Kier molecular flexibility index (Phi) is 5.45. The molecule has 0 unspecified atom stereocenters. The summed E-state index contributed by atoms with van der Waals surface area (Å²) in [6.45, 7) is 8.14. The molecule has 2 aromatic rings. The number of hydrogen-bond acceptors (Lipinski definition) is 5. The highest BCUT2D eigenvalue weighted by atomic mass is 19.4. The maximum absolute atomic E-state index is 12.6. The van der Waals surface area contributed by atoms with E-state index in [1.807, 2.05) is 12.1 Å². The van der Waals surface area contributed by atoms with Crippen molar-refractivity contribution in [2.45, 2.75) is 51.7 Å². The van der Waals surface area contributed by atoms with Crippen molar-refractivity contribution < 1.29 is 13.2 Å². The first-order valence-corrected chi connectivity index (χ1v) is 9.27. The molecule has 0 amide bonds. The number of aromatic nitrogens is 4. The van der Waals surface area contributed by atoms with Crippen molar-refractivity contribution in [3.8, 4) is 0 Å². The molecule has 3 heterocycles. The van der Waals surface area contributed by atoms with Gasteiger partial charge in [0, 0.05) is 31.1 Å². The Hall–Kier alpha value is -2.45. The SMILES string of the molecule is CC(C)(C)c1ccc(N2CCC(Cn3cnc(C(F)(F)F)cc3=O)CC2)nn1. The van der Waals surface area contributed by atoms with Gasteiger partial charge < -0.3 is 4.90 Å². The van der Waals surface area contributed by atoms with E-state index in [4.69, 9.17) is 0 Å². The third-order valence-electron chi connectivity index (χ3n) is 4.98. The van der Waals surface area contributed by atoms with Gasteiger partial charge in [-0.25, -0.2) is 4.98 Å². The molecule has 1 fully saturated rings. The van der Waals surface area contributed by atoms with Gasteiger partial charge in [-0.05, 0) is 30.9 Å². The fraction of sp³-hybridized carbons (Fsp3) is 0.579. The van der Waals surface area contributed by atoms with Crippen molar-refractivity contribution in [3.05, 3.63) is 46.3 Å². The van der Waals surface area contributed by atoms with Crippen LogP contribution < -0.4 is 10.5 Å². The molecular weight excluding hydrogens is 371 g/mol. The molecule has 1 aliphatic heterocycles. The van der Waals surface area contributed by atoms with E-state index in [-0.39, 0.29) is 11.3 Å². The second-order valence-corrected chi connectivity index (χ2v) is 8.22. The van der Waals surface area contributed by atoms with Gasteiger partial charge in [0.25, 0.3) is 5.56 Å².